The lowest BCUT2D eigenvalue weighted by molar-refractivity contribution is -0.138. The van der Waals surface area contributed by atoms with Crippen LogP contribution in [-0.2, 0) is 27.4 Å². The van der Waals surface area contributed by atoms with E-state index >= 15 is 0 Å². The van der Waals surface area contributed by atoms with Crippen molar-refractivity contribution in [2.45, 2.75) is 32.0 Å². The fourth-order valence-electron chi connectivity index (χ4n) is 2.97. The van der Waals surface area contributed by atoms with E-state index in [-0.39, 0.29) is 31.0 Å². The van der Waals surface area contributed by atoms with E-state index in [0.29, 0.717) is 12.3 Å². The highest BCUT2D eigenvalue weighted by atomic mass is 16.5. The van der Waals surface area contributed by atoms with Gasteiger partial charge in [-0.15, -0.1) is 5.10 Å². The zero-order valence-corrected chi connectivity index (χ0v) is 13.7. The maximum absolute atomic E-state index is 12.6. The van der Waals surface area contributed by atoms with E-state index in [4.69, 9.17) is 9.84 Å². The quantitative estimate of drug-likeness (QED) is 0.814. The fraction of sp³-hybridized carbons (Fsp3) is 0.412. The van der Waals surface area contributed by atoms with Crippen LogP contribution in [0.15, 0.2) is 36.5 Å². The number of carbonyl (C=O) groups excluding carboxylic acids is 1. The first kappa shape index (κ1) is 17.1. The predicted octanol–water partition coefficient (Wildman–Crippen LogP) is 1.15. The number of aromatic nitrogens is 3. The molecule has 0 aliphatic carbocycles. The average Bonchev–Trinajstić information content (AvgIpc) is 3.07. The molecule has 2 N–H and O–H groups in total. The molecule has 0 spiro atoms. The summed E-state index contributed by atoms with van der Waals surface area (Å²) in [6.07, 6.45) is 2.87. The summed E-state index contributed by atoms with van der Waals surface area (Å²) in [5.74, 6) is -1.35. The van der Waals surface area contributed by atoms with E-state index in [1.54, 1.807) is 0 Å². The van der Waals surface area contributed by atoms with Gasteiger partial charge < -0.3 is 15.2 Å². The van der Waals surface area contributed by atoms with Crippen molar-refractivity contribution in [3.63, 3.8) is 0 Å². The lowest BCUT2D eigenvalue weighted by Gasteiger charge is -2.31. The fourth-order valence-corrected chi connectivity index (χ4v) is 2.97. The van der Waals surface area contributed by atoms with Crippen LogP contribution in [0.25, 0.3) is 0 Å². The summed E-state index contributed by atoms with van der Waals surface area (Å²) >= 11 is 0. The largest absolute Gasteiger partial charge is 0.480 e. The molecule has 3 rings (SSSR count). The maximum Gasteiger partial charge on any atom is 0.325 e. The van der Waals surface area contributed by atoms with Gasteiger partial charge in [-0.25, -0.2) is 4.68 Å². The highest BCUT2D eigenvalue weighted by Crippen LogP contribution is 2.33. The summed E-state index contributed by atoms with van der Waals surface area (Å²) in [5.41, 5.74) is 1.51. The van der Waals surface area contributed by atoms with Crippen LogP contribution in [0.1, 0.15) is 30.2 Å². The normalized spacial score (nSPS) is 20.2. The molecule has 2 aromatic rings. The molecule has 1 saturated heterocycles. The smallest absolute Gasteiger partial charge is 0.325 e. The van der Waals surface area contributed by atoms with Crippen molar-refractivity contribution in [3.05, 3.63) is 47.8 Å². The number of carboxylic acids is 1. The summed E-state index contributed by atoms with van der Waals surface area (Å²) in [6.45, 7) is 0.594. The number of nitrogens with zero attached hydrogens (tertiary/aromatic N) is 3. The minimum absolute atomic E-state index is 0.0960. The number of carboxylic acid groups (broad SMARTS) is 1. The van der Waals surface area contributed by atoms with Gasteiger partial charge in [0.05, 0.1) is 24.8 Å². The number of hydrogen-bond donors (Lipinski definition) is 2. The molecule has 25 heavy (non-hydrogen) atoms. The molecule has 0 saturated carbocycles. The Morgan fingerprint density at radius 1 is 1.32 bits per heavy atom. The number of nitrogens with one attached hydrogen (secondary N) is 1. The molecular weight excluding hydrogens is 324 g/mol. The SMILES string of the molecule is O=C(O)Cn1cc(CNC(=O)C2CCCOC2c2ccccc2)nn1. The Morgan fingerprint density at radius 3 is 2.88 bits per heavy atom. The van der Waals surface area contributed by atoms with Crippen LogP contribution in [-0.4, -0.2) is 38.6 Å². The molecule has 1 aliphatic heterocycles. The van der Waals surface area contributed by atoms with Gasteiger partial charge in [0.25, 0.3) is 0 Å². The predicted molar refractivity (Wildman–Crippen MR) is 87.4 cm³/mol. The van der Waals surface area contributed by atoms with Gasteiger partial charge in [0, 0.05) is 6.61 Å². The van der Waals surface area contributed by atoms with Crippen LogP contribution in [0.2, 0.25) is 0 Å². The van der Waals surface area contributed by atoms with Crippen molar-refractivity contribution < 1.29 is 19.4 Å². The zero-order chi connectivity index (χ0) is 17.6. The van der Waals surface area contributed by atoms with E-state index in [0.717, 1.165) is 18.4 Å². The van der Waals surface area contributed by atoms with E-state index in [2.05, 4.69) is 15.6 Å². The first-order valence-electron chi connectivity index (χ1n) is 8.18. The van der Waals surface area contributed by atoms with Crippen LogP contribution < -0.4 is 5.32 Å². The van der Waals surface area contributed by atoms with Crippen LogP contribution in [0.4, 0.5) is 0 Å². The number of hydrogen-bond acceptors (Lipinski definition) is 5. The Morgan fingerprint density at radius 2 is 2.12 bits per heavy atom. The second-order valence-corrected chi connectivity index (χ2v) is 5.97. The topological polar surface area (TPSA) is 106 Å². The molecular formula is C17H20N4O4. The molecule has 2 heterocycles. The second kappa shape index (κ2) is 7.89. The molecule has 1 fully saturated rings. The summed E-state index contributed by atoms with van der Waals surface area (Å²) in [4.78, 5) is 23.2. The zero-order valence-electron chi connectivity index (χ0n) is 13.7. The van der Waals surface area contributed by atoms with Crippen molar-refractivity contribution >= 4 is 11.9 Å². The molecule has 8 nitrogen and oxygen atoms in total. The Hall–Kier alpha value is -2.74. The Balaban J connectivity index is 1.61. The third-order valence-corrected chi connectivity index (χ3v) is 4.11. The van der Waals surface area contributed by atoms with E-state index in [1.165, 1.54) is 10.9 Å². The summed E-state index contributed by atoms with van der Waals surface area (Å²) in [5, 5.41) is 19.2. The first-order valence-corrected chi connectivity index (χ1v) is 8.18. The average molecular weight is 344 g/mol. The molecule has 1 aromatic carbocycles. The highest BCUT2D eigenvalue weighted by molar-refractivity contribution is 5.79. The van der Waals surface area contributed by atoms with Gasteiger partial charge in [-0.2, -0.15) is 0 Å². The number of aliphatic carboxylic acids is 1. The van der Waals surface area contributed by atoms with Gasteiger partial charge in [0.2, 0.25) is 5.91 Å². The third kappa shape index (κ3) is 4.42. The van der Waals surface area contributed by atoms with Crippen LogP contribution in [0.5, 0.6) is 0 Å². The molecule has 132 valence electrons. The first-order chi connectivity index (χ1) is 12.1. The monoisotopic (exact) mass is 344 g/mol. The van der Waals surface area contributed by atoms with Crippen LogP contribution in [0, 0.1) is 5.92 Å². The van der Waals surface area contributed by atoms with Gasteiger partial charge in [-0.3, -0.25) is 9.59 Å². The second-order valence-electron chi connectivity index (χ2n) is 5.97. The van der Waals surface area contributed by atoms with Gasteiger partial charge >= 0.3 is 5.97 Å². The minimum atomic E-state index is -0.995. The molecule has 2 unspecified atom stereocenters. The van der Waals surface area contributed by atoms with E-state index < -0.39 is 5.97 Å². The van der Waals surface area contributed by atoms with Crippen molar-refractivity contribution in [3.8, 4) is 0 Å². The number of rotatable bonds is 6. The van der Waals surface area contributed by atoms with E-state index in [1.807, 2.05) is 30.3 Å². The van der Waals surface area contributed by atoms with Gasteiger partial charge in [-0.05, 0) is 18.4 Å². The lowest BCUT2D eigenvalue weighted by atomic mass is 9.89. The van der Waals surface area contributed by atoms with Gasteiger partial charge in [0.1, 0.15) is 12.2 Å². The number of ether oxygens (including phenoxy) is 1. The Labute approximate surface area is 144 Å². The van der Waals surface area contributed by atoms with Crippen molar-refractivity contribution in [1.82, 2.24) is 20.3 Å². The summed E-state index contributed by atoms with van der Waals surface area (Å²) in [7, 11) is 0. The molecule has 0 radical (unpaired) electrons. The summed E-state index contributed by atoms with van der Waals surface area (Å²) < 4.78 is 7.06. The molecule has 1 aromatic heterocycles. The minimum Gasteiger partial charge on any atom is -0.480 e. The lowest BCUT2D eigenvalue weighted by Crippen LogP contribution is -2.37. The standard InChI is InChI=1S/C17H20N4O4/c22-15(23)11-21-10-13(19-20-21)9-18-17(24)14-7-4-8-25-16(14)12-5-2-1-3-6-12/h1-3,5-6,10,14,16H,4,7-9,11H2,(H,18,24)(H,22,23). The van der Waals surface area contributed by atoms with Crippen molar-refractivity contribution in [2.24, 2.45) is 5.92 Å². The van der Waals surface area contributed by atoms with Crippen LogP contribution >= 0.6 is 0 Å². The molecule has 1 amide bonds. The van der Waals surface area contributed by atoms with E-state index in [9.17, 15) is 9.59 Å². The number of benzene rings is 1. The van der Waals surface area contributed by atoms with Gasteiger partial charge in [-0.1, -0.05) is 35.5 Å². The van der Waals surface area contributed by atoms with Crippen molar-refractivity contribution in [1.29, 1.82) is 0 Å². The number of amides is 1. The molecule has 1 aliphatic rings. The third-order valence-electron chi connectivity index (χ3n) is 4.11. The van der Waals surface area contributed by atoms with Gasteiger partial charge in [0.15, 0.2) is 0 Å². The summed E-state index contributed by atoms with van der Waals surface area (Å²) in [6, 6.07) is 9.73. The maximum atomic E-state index is 12.6. The molecule has 0 bridgehead atoms. The Kier molecular flexibility index (Phi) is 5.39. The molecule has 2 atom stereocenters. The molecule has 8 heteroatoms. The van der Waals surface area contributed by atoms with Crippen LogP contribution in [0.3, 0.4) is 0 Å². The van der Waals surface area contributed by atoms with Crippen molar-refractivity contribution in [2.75, 3.05) is 6.61 Å². The Bertz CT molecular complexity index is 731. The number of carbonyl (C=O) groups is 2. The highest BCUT2D eigenvalue weighted by Gasteiger charge is 2.32.